The number of allylic oxidation sites excluding steroid dienone is 1. The summed E-state index contributed by atoms with van der Waals surface area (Å²) in [6.45, 7) is 17.9. The Morgan fingerprint density at radius 1 is 0.952 bits per heavy atom. The predicted octanol–water partition coefficient (Wildman–Crippen LogP) is 7.42. The first kappa shape index (κ1) is 34.0. The minimum Gasteiger partial charge on any atom is -0.493 e. The van der Waals surface area contributed by atoms with Crippen LogP contribution in [0.2, 0.25) is 0 Å². The Kier molecular flexibility index (Phi) is 14.2. The van der Waals surface area contributed by atoms with Crippen molar-refractivity contribution in [2.75, 3.05) is 32.8 Å². The normalized spacial score (nSPS) is 17.0. The molecule has 2 fully saturated rings. The first-order valence-electron chi connectivity index (χ1n) is 16.6. The number of nitrogens with zero attached hydrogens (tertiary/aromatic N) is 1. The number of likely N-dealkylation sites (tertiary alicyclic amines) is 1. The molecule has 2 aliphatic rings. The third kappa shape index (κ3) is 10.3. The second-order valence-electron chi connectivity index (χ2n) is 12.7. The first-order chi connectivity index (χ1) is 20.2. The van der Waals surface area contributed by atoms with E-state index in [-0.39, 0.29) is 24.0 Å². The second kappa shape index (κ2) is 17.5. The minimum atomic E-state index is -0.272. The molecule has 3 rings (SSSR count). The van der Waals surface area contributed by atoms with Gasteiger partial charge in [-0.25, -0.2) is 0 Å². The number of esters is 1. The lowest BCUT2D eigenvalue weighted by Crippen LogP contribution is -2.45. The summed E-state index contributed by atoms with van der Waals surface area (Å²) in [6.07, 6.45) is 10.9. The summed E-state index contributed by atoms with van der Waals surface area (Å²) in [4.78, 5) is 28.7. The van der Waals surface area contributed by atoms with Crippen molar-refractivity contribution in [1.29, 1.82) is 0 Å². The van der Waals surface area contributed by atoms with Crippen LogP contribution in [0.5, 0.6) is 11.5 Å². The molecule has 1 aromatic rings. The molecule has 0 spiro atoms. The Balaban J connectivity index is 1.64. The molecule has 42 heavy (non-hydrogen) atoms. The van der Waals surface area contributed by atoms with Gasteiger partial charge in [0.25, 0.3) is 5.91 Å². The molecule has 1 saturated heterocycles. The fourth-order valence-corrected chi connectivity index (χ4v) is 5.76. The van der Waals surface area contributed by atoms with Crippen molar-refractivity contribution in [3.05, 3.63) is 29.8 Å². The van der Waals surface area contributed by atoms with E-state index in [1.165, 1.54) is 0 Å². The van der Waals surface area contributed by atoms with Gasteiger partial charge in [-0.05, 0) is 94.7 Å². The second-order valence-corrected chi connectivity index (χ2v) is 12.7. The third-order valence-electron chi connectivity index (χ3n) is 8.41. The van der Waals surface area contributed by atoms with Gasteiger partial charge in [0, 0.05) is 24.7 Å². The maximum absolute atomic E-state index is 13.8. The summed E-state index contributed by atoms with van der Waals surface area (Å²) in [5.74, 6) is 2.02. The fourth-order valence-electron chi connectivity index (χ4n) is 5.76. The number of hydrogen-bond acceptors (Lipinski definition) is 6. The van der Waals surface area contributed by atoms with Gasteiger partial charge in [-0.15, -0.1) is 0 Å². The van der Waals surface area contributed by atoms with Gasteiger partial charge in [-0.1, -0.05) is 47.1 Å². The average Bonchev–Trinajstić information content (AvgIpc) is 3.48. The van der Waals surface area contributed by atoms with E-state index in [0.717, 1.165) is 94.1 Å². The molecule has 0 unspecified atom stereocenters. The highest BCUT2D eigenvalue weighted by molar-refractivity contribution is 5.98. The molecule has 0 radical (unpaired) electrons. The van der Waals surface area contributed by atoms with E-state index in [9.17, 15) is 9.59 Å². The summed E-state index contributed by atoms with van der Waals surface area (Å²) < 4.78 is 18.1. The number of rotatable bonds is 17. The van der Waals surface area contributed by atoms with Gasteiger partial charge < -0.3 is 24.4 Å². The highest BCUT2D eigenvalue weighted by Gasteiger charge is 2.30. The molecule has 1 aliphatic carbocycles. The molecule has 1 aliphatic heterocycles. The van der Waals surface area contributed by atoms with E-state index in [2.05, 4.69) is 39.6 Å². The maximum atomic E-state index is 13.8. The molecule has 0 bridgehead atoms. The van der Waals surface area contributed by atoms with Crippen molar-refractivity contribution >= 4 is 17.4 Å². The minimum absolute atomic E-state index is 0.00617. The van der Waals surface area contributed by atoms with Gasteiger partial charge in [-0.2, -0.15) is 0 Å². The highest BCUT2D eigenvalue weighted by Crippen LogP contribution is 2.35. The van der Waals surface area contributed by atoms with Crippen LogP contribution in [0.4, 0.5) is 0 Å². The van der Waals surface area contributed by atoms with Crippen LogP contribution >= 0.6 is 0 Å². The standard InChI is InChI=1S/C35H56N2O5/c1-7-9-19-40-32-23-33(41-20-10-8-2)30(22-29(32)26(5)6)34(38)37-17-15-27(16-18-37)24-36-31(21-25(3)4)35(39)42-28-13-11-12-14-28/h22-23,25,27-28,31,36H,5,7-21,24H2,1-4,6H3/t31-/m0/s1. The lowest BCUT2D eigenvalue weighted by molar-refractivity contribution is -0.151. The first-order valence-corrected chi connectivity index (χ1v) is 16.6. The molecule has 1 amide bonds. The third-order valence-corrected chi connectivity index (χ3v) is 8.41. The SMILES string of the molecule is C=C(C)c1cc(C(=O)N2CCC(CN[C@@H](CC(C)C)C(=O)OC3CCCC3)CC2)c(OCCCC)cc1OCCCC. The number of hydrogen-bond donors (Lipinski definition) is 1. The number of ether oxygens (including phenoxy) is 3. The number of nitrogens with one attached hydrogen (secondary N) is 1. The predicted molar refractivity (Wildman–Crippen MR) is 170 cm³/mol. The van der Waals surface area contributed by atoms with Crippen LogP contribution in [0.15, 0.2) is 18.7 Å². The molecule has 1 aromatic carbocycles. The Hall–Kier alpha value is -2.54. The topological polar surface area (TPSA) is 77.1 Å². The van der Waals surface area contributed by atoms with Gasteiger partial charge in [0.15, 0.2) is 0 Å². The number of carbonyl (C=O) groups excluding carboxylic acids is 2. The molecule has 7 heteroatoms. The number of amides is 1. The number of unbranched alkanes of at least 4 members (excludes halogenated alkanes) is 2. The van der Waals surface area contributed by atoms with Gasteiger partial charge in [-0.3, -0.25) is 9.59 Å². The molecular formula is C35H56N2O5. The van der Waals surface area contributed by atoms with Crippen molar-refractivity contribution in [2.45, 2.75) is 117 Å². The molecule has 0 aromatic heterocycles. The maximum Gasteiger partial charge on any atom is 0.323 e. The van der Waals surface area contributed by atoms with Gasteiger partial charge in [0.05, 0.1) is 18.8 Å². The quantitative estimate of drug-likeness (QED) is 0.152. The van der Waals surface area contributed by atoms with Crippen LogP contribution in [0.1, 0.15) is 121 Å². The molecule has 1 N–H and O–H groups in total. The molecule has 236 valence electrons. The summed E-state index contributed by atoms with van der Waals surface area (Å²) >= 11 is 0. The number of carbonyl (C=O) groups is 2. The zero-order valence-corrected chi connectivity index (χ0v) is 27.0. The molecule has 1 atom stereocenters. The average molecular weight is 585 g/mol. The van der Waals surface area contributed by atoms with Crippen LogP contribution in [-0.4, -0.2) is 61.8 Å². The van der Waals surface area contributed by atoms with Crippen molar-refractivity contribution < 1.29 is 23.8 Å². The van der Waals surface area contributed by atoms with E-state index in [0.29, 0.717) is 49.5 Å². The van der Waals surface area contributed by atoms with E-state index in [4.69, 9.17) is 14.2 Å². The smallest absolute Gasteiger partial charge is 0.323 e. The van der Waals surface area contributed by atoms with Crippen LogP contribution in [0, 0.1) is 11.8 Å². The van der Waals surface area contributed by atoms with Gasteiger partial charge >= 0.3 is 5.97 Å². The van der Waals surface area contributed by atoms with Gasteiger partial charge in [0.1, 0.15) is 23.6 Å². The Morgan fingerprint density at radius 2 is 1.55 bits per heavy atom. The van der Waals surface area contributed by atoms with Crippen LogP contribution in [0.25, 0.3) is 5.57 Å². The largest absolute Gasteiger partial charge is 0.493 e. The lowest BCUT2D eigenvalue weighted by Gasteiger charge is -2.33. The summed E-state index contributed by atoms with van der Waals surface area (Å²) in [6, 6.07) is 3.53. The summed E-state index contributed by atoms with van der Waals surface area (Å²) in [7, 11) is 0. The lowest BCUT2D eigenvalue weighted by atomic mass is 9.94. The summed E-state index contributed by atoms with van der Waals surface area (Å²) in [5, 5.41) is 3.53. The molecular weight excluding hydrogens is 528 g/mol. The van der Waals surface area contributed by atoms with Crippen LogP contribution in [0.3, 0.4) is 0 Å². The van der Waals surface area contributed by atoms with Crippen molar-refractivity contribution in [1.82, 2.24) is 10.2 Å². The van der Waals surface area contributed by atoms with Crippen molar-refractivity contribution in [3.8, 4) is 11.5 Å². The molecule has 7 nitrogen and oxygen atoms in total. The Bertz CT molecular complexity index is 1010. The molecule has 1 saturated carbocycles. The van der Waals surface area contributed by atoms with Gasteiger partial charge in [0.2, 0.25) is 0 Å². The zero-order valence-electron chi connectivity index (χ0n) is 27.0. The van der Waals surface area contributed by atoms with E-state index < -0.39 is 0 Å². The Labute approximate surface area is 254 Å². The van der Waals surface area contributed by atoms with Crippen molar-refractivity contribution in [2.24, 2.45) is 11.8 Å². The van der Waals surface area contributed by atoms with E-state index in [1.807, 2.05) is 24.0 Å². The number of benzene rings is 1. The number of piperidine rings is 1. The Morgan fingerprint density at radius 3 is 2.10 bits per heavy atom. The highest BCUT2D eigenvalue weighted by atomic mass is 16.5. The fraction of sp³-hybridized carbons (Fsp3) is 0.714. The van der Waals surface area contributed by atoms with Crippen LogP contribution < -0.4 is 14.8 Å². The van der Waals surface area contributed by atoms with Crippen LogP contribution in [-0.2, 0) is 9.53 Å². The van der Waals surface area contributed by atoms with E-state index >= 15 is 0 Å². The zero-order chi connectivity index (χ0) is 30.5. The summed E-state index contributed by atoms with van der Waals surface area (Å²) in [5.41, 5.74) is 2.30. The van der Waals surface area contributed by atoms with E-state index in [1.54, 1.807) is 0 Å². The molecule has 1 heterocycles. The monoisotopic (exact) mass is 584 g/mol. The van der Waals surface area contributed by atoms with Crippen molar-refractivity contribution in [3.63, 3.8) is 0 Å².